The highest BCUT2D eigenvalue weighted by atomic mass is 32.1. The Bertz CT molecular complexity index is 645. The summed E-state index contributed by atoms with van der Waals surface area (Å²) in [6, 6.07) is 9.92. The summed E-state index contributed by atoms with van der Waals surface area (Å²) in [5, 5.41) is 0.929. The van der Waals surface area contributed by atoms with E-state index in [0.717, 1.165) is 41.4 Å². The Morgan fingerprint density at radius 1 is 1.10 bits per heavy atom. The molecule has 0 bridgehead atoms. The molecule has 1 fully saturated rings. The first-order valence-corrected chi connectivity index (χ1v) is 8.02. The summed E-state index contributed by atoms with van der Waals surface area (Å²) in [4.78, 5) is 15.0. The number of carbonyl (C=O) groups is 1. The van der Waals surface area contributed by atoms with Crippen LogP contribution in [0.5, 0.6) is 0 Å². The number of nitrogens with zero attached hydrogens (tertiary/aromatic N) is 1. The zero-order valence-corrected chi connectivity index (χ0v) is 12.7. The number of benzene rings is 1. The van der Waals surface area contributed by atoms with E-state index in [1.807, 2.05) is 30.3 Å². The van der Waals surface area contributed by atoms with E-state index in [1.54, 1.807) is 11.3 Å². The molecule has 5 heteroatoms. The van der Waals surface area contributed by atoms with Crippen molar-refractivity contribution >= 4 is 27.9 Å². The Kier molecular flexibility index (Phi) is 3.84. The standard InChI is InChI=1S/C16H19N3OS/c17-13-12(15(18)20)16(19-9-5-2-6-10-19)21-14(13)11-7-3-1-4-8-11/h1,3-4,7-8H,2,5-6,9-10,17H2,(H2,18,20). The number of anilines is 2. The fourth-order valence-corrected chi connectivity index (χ4v) is 4.08. The number of thiophene rings is 1. The van der Waals surface area contributed by atoms with E-state index in [1.165, 1.54) is 6.42 Å². The Hall–Kier alpha value is -2.01. The molecule has 1 aliphatic heterocycles. The molecule has 0 radical (unpaired) electrons. The minimum atomic E-state index is -0.438. The van der Waals surface area contributed by atoms with Crippen molar-refractivity contribution < 1.29 is 4.79 Å². The van der Waals surface area contributed by atoms with Gasteiger partial charge in [0.2, 0.25) is 0 Å². The van der Waals surface area contributed by atoms with Crippen molar-refractivity contribution in [1.29, 1.82) is 0 Å². The van der Waals surface area contributed by atoms with E-state index in [0.29, 0.717) is 11.3 Å². The Morgan fingerprint density at radius 2 is 1.76 bits per heavy atom. The van der Waals surface area contributed by atoms with E-state index in [9.17, 15) is 4.79 Å². The molecule has 1 aromatic heterocycles. The van der Waals surface area contributed by atoms with Crippen LogP contribution in [0.15, 0.2) is 30.3 Å². The highest BCUT2D eigenvalue weighted by Gasteiger charge is 2.25. The largest absolute Gasteiger partial charge is 0.397 e. The lowest BCUT2D eigenvalue weighted by molar-refractivity contribution is 0.100. The monoisotopic (exact) mass is 301 g/mol. The normalized spacial score (nSPS) is 15.1. The van der Waals surface area contributed by atoms with Gasteiger partial charge in [0.1, 0.15) is 5.00 Å². The second-order valence-corrected chi connectivity index (χ2v) is 6.30. The van der Waals surface area contributed by atoms with Crippen molar-refractivity contribution in [1.82, 2.24) is 0 Å². The Morgan fingerprint density at radius 3 is 2.38 bits per heavy atom. The van der Waals surface area contributed by atoms with Crippen LogP contribution < -0.4 is 16.4 Å². The minimum absolute atomic E-state index is 0.438. The predicted octanol–water partition coefficient (Wildman–Crippen LogP) is 3.09. The van der Waals surface area contributed by atoms with Crippen molar-refractivity contribution in [3.05, 3.63) is 35.9 Å². The lowest BCUT2D eigenvalue weighted by Gasteiger charge is -2.28. The molecule has 21 heavy (non-hydrogen) atoms. The molecule has 0 aliphatic carbocycles. The maximum Gasteiger partial charge on any atom is 0.253 e. The molecular formula is C16H19N3OS. The van der Waals surface area contributed by atoms with Crippen LogP contribution in [0.1, 0.15) is 29.6 Å². The summed E-state index contributed by atoms with van der Waals surface area (Å²) in [5.74, 6) is -0.438. The first kappa shape index (κ1) is 13.9. The van der Waals surface area contributed by atoms with Gasteiger partial charge in [-0.3, -0.25) is 4.79 Å². The van der Waals surface area contributed by atoms with Crippen molar-refractivity contribution in [2.24, 2.45) is 5.73 Å². The van der Waals surface area contributed by atoms with Gasteiger partial charge in [-0.05, 0) is 24.8 Å². The summed E-state index contributed by atoms with van der Waals surface area (Å²) in [6.07, 6.45) is 3.54. The van der Waals surface area contributed by atoms with Crippen molar-refractivity contribution in [3.8, 4) is 10.4 Å². The van der Waals surface area contributed by atoms with Crippen molar-refractivity contribution in [2.75, 3.05) is 23.7 Å². The lowest BCUT2D eigenvalue weighted by Crippen LogP contribution is -2.30. The molecule has 0 unspecified atom stereocenters. The van der Waals surface area contributed by atoms with E-state index in [2.05, 4.69) is 4.90 Å². The van der Waals surface area contributed by atoms with Crippen LogP contribution in [-0.2, 0) is 0 Å². The summed E-state index contributed by atoms with van der Waals surface area (Å²) < 4.78 is 0. The average Bonchev–Trinajstić information content (AvgIpc) is 2.87. The van der Waals surface area contributed by atoms with E-state index in [-0.39, 0.29) is 0 Å². The molecule has 4 nitrogen and oxygen atoms in total. The number of nitrogen functional groups attached to an aromatic ring is 1. The number of hydrogen-bond acceptors (Lipinski definition) is 4. The first-order valence-electron chi connectivity index (χ1n) is 7.21. The third kappa shape index (κ3) is 2.61. The number of primary amides is 1. The summed E-state index contributed by atoms with van der Waals surface area (Å²) >= 11 is 1.57. The van der Waals surface area contributed by atoms with Crippen molar-refractivity contribution in [3.63, 3.8) is 0 Å². The van der Waals surface area contributed by atoms with Gasteiger partial charge in [0, 0.05) is 13.1 Å². The first-order chi connectivity index (χ1) is 10.2. The Balaban J connectivity index is 2.09. The molecule has 110 valence electrons. The van der Waals surface area contributed by atoms with Crippen LogP contribution in [0.25, 0.3) is 10.4 Å². The fraction of sp³-hybridized carbons (Fsp3) is 0.312. The number of nitrogens with two attached hydrogens (primary N) is 2. The topological polar surface area (TPSA) is 72.4 Å². The molecule has 3 rings (SSSR count). The molecule has 1 amide bonds. The van der Waals surface area contributed by atoms with Gasteiger partial charge in [-0.25, -0.2) is 0 Å². The minimum Gasteiger partial charge on any atom is -0.397 e. The maximum absolute atomic E-state index is 11.9. The van der Waals surface area contributed by atoms with Gasteiger partial charge in [0.05, 0.1) is 16.1 Å². The predicted molar refractivity (Wildman–Crippen MR) is 88.7 cm³/mol. The molecule has 0 saturated carbocycles. The fourth-order valence-electron chi connectivity index (χ4n) is 2.79. The number of piperidine rings is 1. The zero-order chi connectivity index (χ0) is 14.8. The van der Waals surface area contributed by atoms with Crippen LogP contribution >= 0.6 is 11.3 Å². The highest BCUT2D eigenvalue weighted by Crippen LogP contribution is 2.44. The average molecular weight is 301 g/mol. The molecule has 1 aliphatic rings. The molecule has 0 spiro atoms. The SMILES string of the molecule is NC(=O)c1c(N2CCCCC2)sc(-c2ccccc2)c1N. The van der Waals surface area contributed by atoms with Gasteiger partial charge in [0.25, 0.3) is 5.91 Å². The lowest BCUT2D eigenvalue weighted by atomic mass is 10.1. The van der Waals surface area contributed by atoms with Crippen LogP contribution in [-0.4, -0.2) is 19.0 Å². The van der Waals surface area contributed by atoms with Crippen LogP contribution in [0.4, 0.5) is 10.7 Å². The van der Waals surface area contributed by atoms with Gasteiger partial charge in [-0.15, -0.1) is 11.3 Å². The number of carbonyl (C=O) groups excluding carboxylic acids is 1. The molecule has 1 saturated heterocycles. The van der Waals surface area contributed by atoms with Gasteiger partial charge >= 0.3 is 0 Å². The number of amides is 1. The highest BCUT2D eigenvalue weighted by molar-refractivity contribution is 7.20. The summed E-state index contributed by atoms with van der Waals surface area (Å²) in [6.45, 7) is 1.93. The zero-order valence-electron chi connectivity index (χ0n) is 11.8. The molecule has 2 aromatic rings. The third-order valence-electron chi connectivity index (χ3n) is 3.85. The molecule has 4 N–H and O–H groups in total. The van der Waals surface area contributed by atoms with Crippen LogP contribution in [0.2, 0.25) is 0 Å². The smallest absolute Gasteiger partial charge is 0.253 e. The Labute approximate surface area is 128 Å². The number of hydrogen-bond donors (Lipinski definition) is 2. The van der Waals surface area contributed by atoms with Crippen LogP contribution in [0.3, 0.4) is 0 Å². The quantitative estimate of drug-likeness (QED) is 0.915. The third-order valence-corrected chi connectivity index (χ3v) is 5.17. The molecule has 0 atom stereocenters. The summed E-state index contributed by atoms with van der Waals surface area (Å²) in [7, 11) is 0. The molecule has 1 aromatic carbocycles. The number of rotatable bonds is 3. The summed E-state index contributed by atoms with van der Waals surface area (Å²) in [5.41, 5.74) is 13.8. The van der Waals surface area contributed by atoms with Gasteiger partial charge in [0.15, 0.2) is 0 Å². The second kappa shape index (κ2) is 5.77. The second-order valence-electron chi connectivity index (χ2n) is 5.30. The maximum atomic E-state index is 11.9. The van der Waals surface area contributed by atoms with E-state index < -0.39 is 5.91 Å². The van der Waals surface area contributed by atoms with Gasteiger partial charge < -0.3 is 16.4 Å². The van der Waals surface area contributed by atoms with Crippen LogP contribution in [0, 0.1) is 0 Å². The molecular weight excluding hydrogens is 282 g/mol. The van der Waals surface area contributed by atoms with E-state index in [4.69, 9.17) is 11.5 Å². The van der Waals surface area contributed by atoms with Crippen molar-refractivity contribution in [2.45, 2.75) is 19.3 Å². The van der Waals surface area contributed by atoms with E-state index >= 15 is 0 Å². The van der Waals surface area contributed by atoms with Gasteiger partial charge in [-0.2, -0.15) is 0 Å². The molecule has 2 heterocycles. The van der Waals surface area contributed by atoms with Gasteiger partial charge in [-0.1, -0.05) is 30.3 Å².